The number of morpholine rings is 1. The number of pyridine rings is 1. The molecule has 0 amide bonds. The molecular weight excluding hydrogens is 502 g/mol. The average Bonchev–Trinajstić information content (AvgIpc) is 2.89. The predicted molar refractivity (Wildman–Crippen MR) is 139 cm³/mol. The molecule has 0 bridgehead atoms. The summed E-state index contributed by atoms with van der Waals surface area (Å²) in [6.45, 7) is 1.38. The van der Waals surface area contributed by atoms with Crippen molar-refractivity contribution in [2.24, 2.45) is 4.99 Å². The van der Waals surface area contributed by atoms with Crippen molar-refractivity contribution >= 4 is 44.3 Å². The highest BCUT2D eigenvalue weighted by Crippen LogP contribution is 2.28. The summed E-state index contributed by atoms with van der Waals surface area (Å²) < 4.78 is 33.5. The van der Waals surface area contributed by atoms with Gasteiger partial charge in [-0.15, -0.1) is 0 Å². The number of rotatable bonds is 5. The number of sulfonamides is 1. The van der Waals surface area contributed by atoms with E-state index in [0.717, 1.165) is 0 Å². The van der Waals surface area contributed by atoms with Crippen LogP contribution >= 0.6 is 11.6 Å². The normalized spacial score (nSPS) is 15.0. The minimum atomic E-state index is -3.61. The Morgan fingerprint density at radius 3 is 2.33 bits per heavy atom. The molecule has 0 radical (unpaired) electrons. The fourth-order valence-electron chi connectivity index (χ4n) is 4.12. The van der Waals surface area contributed by atoms with Gasteiger partial charge in [-0.3, -0.25) is 9.79 Å². The van der Waals surface area contributed by atoms with E-state index in [4.69, 9.17) is 16.3 Å². The molecule has 1 N–H and O–H groups in total. The molecule has 0 atom stereocenters. The van der Waals surface area contributed by atoms with Crippen LogP contribution in [0, 0.1) is 0 Å². The Kier molecular flexibility index (Phi) is 6.63. The van der Waals surface area contributed by atoms with Gasteiger partial charge in [0.2, 0.25) is 15.9 Å². The molecule has 0 unspecified atom stereocenters. The van der Waals surface area contributed by atoms with Crippen molar-refractivity contribution in [2.75, 3.05) is 26.3 Å². The van der Waals surface area contributed by atoms with Crippen LogP contribution in [0.4, 0.5) is 5.69 Å². The number of benzene rings is 3. The van der Waals surface area contributed by atoms with Crippen LogP contribution < -0.4 is 5.56 Å². The van der Waals surface area contributed by atoms with Crippen LogP contribution in [-0.2, 0) is 14.8 Å². The smallest absolute Gasteiger partial charge is 0.265 e. The zero-order valence-electron chi connectivity index (χ0n) is 19.0. The van der Waals surface area contributed by atoms with Crippen molar-refractivity contribution in [1.82, 2.24) is 8.87 Å². The summed E-state index contributed by atoms with van der Waals surface area (Å²) in [6.07, 6.45) is 1.46. The molecule has 0 spiro atoms. The van der Waals surface area contributed by atoms with Crippen molar-refractivity contribution < 1.29 is 18.3 Å². The standard InChI is InChI=1S/C26H22ClN3O5S/c27-18-4-3-5-20(16-18)30-25(31)23-7-2-1-6-22(23)24(26(30)32)17-28-19-8-10-21(11-9-19)36(33,34)29-12-14-35-15-13-29/h1-11,16-17,32H,12-15H2. The van der Waals surface area contributed by atoms with Crippen molar-refractivity contribution in [3.63, 3.8) is 0 Å². The van der Waals surface area contributed by atoms with Crippen molar-refractivity contribution in [3.8, 4) is 11.6 Å². The van der Waals surface area contributed by atoms with E-state index in [2.05, 4.69) is 4.99 Å². The highest BCUT2D eigenvalue weighted by atomic mass is 35.5. The van der Waals surface area contributed by atoms with Gasteiger partial charge < -0.3 is 9.84 Å². The molecule has 1 aromatic heterocycles. The molecule has 1 aliphatic rings. The minimum absolute atomic E-state index is 0.172. The third-order valence-electron chi connectivity index (χ3n) is 5.96. The summed E-state index contributed by atoms with van der Waals surface area (Å²) in [6, 6.07) is 19.8. The first-order chi connectivity index (χ1) is 17.4. The average molecular weight is 524 g/mol. The molecule has 4 aromatic rings. The van der Waals surface area contributed by atoms with Crippen LogP contribution in [-0.4, -0.2) is 54.9 Å². The fourth-order valence-corrected chi connectivity index (χ4v) is 5.72. The monoisotopic (exact) mass is 523 g/mol. The lowest BCUT2D eigenvalue weighted by atomic mass is 10.1. The first kappa shape index (κ1) is 24.2. The molecule has 3 aromatic carbocycles. The SMILES string of the molecule is O=c1c2ccccc2c(C=Nc2ccc(S(=O)(=O)N3CCOCC3)cc2)c(O)n1-c1cccc(Cl)c1. The number of fused-ring (bicyclic) bond motifs is 1. The number of aromatic nitrogens is 1. The van der Waals surface area contributed by atoms with E-state index < -0.39 is 10.0 Å². The molecule has 1 fully saturated rings. The van der Waals surface area contributed by atoms with Gasteiger partial charge in [0.15, 0.2) is 0 Å². The molecule has 36 heavy (non-hydrogen) atoms. The maximum absolute atomic E-state index is 13.2. The van der Waals surface area contributed by atoms with E-state index >= 15 is 0 Å². The van der Waals surface area contributed by atoms with Gasteiger partial charge >= 0.3 is 0 Å². The summed E-state index contributed by atoms with van der Waals surface area (Å²) in [5.74, 6) is -0.281. The van der Waals surface area contributed by atoms with E-state index in [1.54, 1.807) is 60.7 Å². The molecule has 184 valence electrons. The number of aliphatic imine (C=N–C) groups is 1. The first-order valence-corrected chi connectivity index (χ1v) is 13.0. The summed E-state index contributed by atoms with van der Waals surface area (Å²) in [5.41, 5.74) is 0.860. The Hall–Kier alpha value is -3.50. The van der Waals surface area contributed by atoms with Gasteiger partial charge in [-0.2, -0.15) is 4.31 Å². The number of ether oxygens (including phenoxy) is 1. The Morgan fingerprint density at radius 1 is 0.944 bits per heavy atom. The maximum Gasteiger partial charge on any atom is 0.265 e. The van der Waals surface area contributed by atoms with Gasteiger partial charge in [0.1, 0.15) is 0 Å². The third-order valence-corrected chi connectivity index (χ3v) is 8.11. The molecular formula is C26H22ClN3O5S. The largest absolute Gasteiger partial charge is 0.494 e. The highest BCUT2D eigenvalue weighted by Gasteiger charge is 2.26. The van der Waals surface area contributed by atoms with Gasteiger partial charge in [-0.1, -0.05) is 35.9 Å². The lowest BCUT2D eigenvalue weighted by Gasteiger charge is -2.26. The van der Waals surface area contributed by atoms with Gasteiger partial charge in [-0.25, -0.2) is 13.0 Å². The van der Waals surface area contributed by atoms with E-state index in [-0.39, 0.29) is 16.3 Å². The molecule has 2 heterocycles. The van der Waals surface area contributed by atoms with E-state index in [0.29, 0.717) is 59.0 Å². The zero-order valence-corrected chi connectivity index (χ0v) is 20.6. The van der Waals surface area contributed by atoms with Gasteiger partial charge in [0, 0.05) is 35.1 Å². The van der Waals surface area contributed by atoms with Crippen molar-refractivity contribution in [3.05, 3.63) is 93.7 Å². The van der Waals surface area contributed by atoms with Gasteiger partial charge in [-0.05, 0) is 48.5 Å². The van der Waals surface area contributed by atoms with E-state index in [1.807, 2.05) is 0 Å². The van der Waals surface area contributed by atoms with Crippen molar-refractivity contribution in [2.45, 2.75) is 4.90 Å². The predicted octanol–water partition coefficient (Wildman–Crippen LogP) is 4.12. The summed E-state index contributed by atoms with van der Waals surface area (Å²) >= 11 is 6.12. The number of nitrogens with zero attached hydrogens (tertiary/aromatic N) is 3. The number of aromatic hydroxyl groups is 1. The Labute approximate surface area is 212 Å². The molecule has 10 heteroatoms. The summed E-state index contributed by atoms with van der Waals surface area (Å²) in [4.78, 5) is 17.8. The van der Waals surface area contributed by atoms with Crippen LogP contribution in [0.15, 0.2) is 87.5 Å². The highest BCUT2D eigenvalue weighted by molar-refractivity contribution is 7.89. The fraction of sp³-hybridized carbons (Fsp3) is 0.154. The maximum atomic E-state index is 13.2. The number of hydrogen-bond donors (Lipinski definition) is 1. The quantitative estimate of drug-likeness (QED) is 0.396. The topological polar surface area (TPSA) is 101 Å². The molecule has 1 saturated heterocycles. The van der Waals surface area contributed by atoms with E-state index in [9.17, 15) is 18.3 Å². The summed E-state index contributed by atoms with van der Waals surface area (Å²) in [7, 11) is -3.61. The van der Waals surface area contributed by atoms with Crippen LogP contribution in [0.25, 0.3) is 16.5 Å². The van der Waals surface area contributed by atoms with Gasteiger partial charge in [0.05, 0.1) is 35.0 Å². The minimum Gasteiger partial charge on any atom is -0.494 e. The van der Waals surface area contributed by atoms with Crippen LogP contribution in [0.1, 0.15) is 5.56 Å². The van der Waals surface area contributed by atoms with Gasteiger partial charge in [0.25, 0.3) is 5.56 Å². The lowest BCUT2D eigenvalue weighted by Crippen LogP contribution is -2.40. The second-order valence-corrected chi connectivity index (χ2v) is 10.5. The van der Waals surface area contributed by atoms with Crippen LogP contribution in [0.2, 0.25) is 5.02 Å². The second-order valence-electron chi connectivity index (χ2n) is 8.17. The van der Waals surface area contributed by atoms with E-state index in [1.165, 1.54) is 27.2 Å². The van der Waals surface area contributed by atoms with Crippen LogP contribution in [0.3, 0.4) is 0 Å². The Balaban J connectivity index is 1.54. The molecule has 5 rings (SSSR count). The first-order valence-electron chi connectivity index (χ1n) is 11.2. The summed E-state index contributed by atoms with van der Waals surface area (Å²) in [5, 5.41) is 12.5. The molecule has 8 nitrogen and oxygen atoms in total. The zero-order chi connectivity index (χ0) is 25.3. The number of hydrogen-bond acceptors (Lipinski definition) is 6. The lowest BCUT2D eigenvalue weighted by molar-refractivity contribution is 0.0730. The number of halogens is 1. The Morgan fingerprint density at radius 2 is 1.64 bits per heavy atom. The molecule has 0 saturated carbocycles. The second kappa shape index (κ2) is 9.87. The molecule has 1 aliphatic heterocycles. The van der Waals surface area contributed by atoms with Crippen LogP contribution in [0.5, 0.6) is 5.88 Å². The Bertz CT molecular complexity index is 1630. The molecule has 0 aliphatic carbocycles. The van der Waals surface area contributed by atoms with Crippen molar-refractivity contribution in [1.29, 1.82) is 0 Å². The third kappa shape index (κ3) is 4.54.